The number of nitrogens with zero attached hydrogens (tertiary/aromatic N) is 3. The van der Waals surface area contributed by atoms with Gasteiger partial charge in [0.2, 0.25) is 5.89 Å². The molecule has 22 heavy (non-hydrogen) atoms. The third kappa shape index (κ3) is 3.59. The molecule has 0 aliphatic carbocycles. The molecule has 0 bridgehead atoms. The molecule has 1 aliphatic heterocycles. The minimum absolute atomic E-state index is 0. The van der Waals surface area contributed by atoms with Gasteiger partial charge in [-0.3, -0.25) is 0 Å². The molecule has 0 radical (unpaired) electrons. The first-order valence-electron chi connectivity index (χ1n) is 7.55. The van der Waals surface area contributed by atoms with Crippen molar-refractivity contribution in [3.8, 4) is 0 Å². The summed E-state index contributed by atoms with van der Waals surface area (Å²) in [5.74, 6) is 1.19. The van der Waals surface area contributed by atoms with Gasteiger partial charge in [-0.05, 0) is 37.9 Å². The minimum Gasteiger partial charge on any atom is -0.407 e. The lowest BCUT2D eigenvalue weighted by Gasteiger charge is -2.32. The summed E-state index contributed by atoms with van der Waals surface area (Å²) in [5, 5.41) is 11.3. The van der Waals surface area contributed by atoms with Crippen molar-refractivity contribution in [1.82, 2.24) is 15.5 Å². The molecule has 1 atom stereocenters. The minimum atomic E-state index is 0. The van der Waals surface area contributed by atoms with E-state index in [-0.39, 0.29) is 12.4 Å². The highest BCUT2D eigenvalue weighted by molar-refractivity contribution is 5.85. The molecular formula is C16H23ClN4O. The zero-order valence-electron chi connectivity index (χ0n) is 13.1. The lowest BCUT2D eigenvalue weighted by atomic mass is 9.88. The fourth-order valence-corrected chi connectivity index (χ4v) is 3.04. The van der Waals surface area contributed by atoms with Crippen LogP contribution < -0.4 is 10.2 Å². The highest BCUT2D eigenvalue weighted by atomic mass is 35.5. The second-order valence-corrected chi connectivity index (χ2v) is 5.65. The van der Waals surface area contributed by atoms with Gasteiger partial charge in [-0.1, -0.05) is 29.4 Å². The van der Waals surface area contributed by atoms with Crippen molar-refractivity contribution >= 4 is 18.4 Å². The van der Waals surface area contributed by atoms with Gasteiger partial charge in [0.15, 0.2) is 0 Å². The molecule has 0 amide bonds. The van der Waals surface area contributed by atoms with Gasteiger partial charge >= 0.3 is 6.01 Å². The largest absolute Gasteiger partial charge is 0.407 e. The Labute approximate surface area is 137 Å². The molecule has 1 aromatic heterocycles. The van der Waals surface area contributed by atoms with E-state index in [0.717, 1.165) is 19.5 Å². The van der Waals surface area contributed by atoms with Crippen molar-refractivity contribution in [1.29, 1.82) is 0 Å². The highest BCUT2D eigenvalue weighted by Gasteiger charge is 2.25. The van der Waals surface area contributed by atoms with Crippen LogP contribution in [0.4, 0.5) is 6.01 Å². The van der Waals surface area contributed by atoms with Crippen LogP contribution in [0.15, 0.2) is 28.7 Å². The summed E-state index contributed by atoms with van der Waals surface area (Å²) in [6.45, 7) is 4.74. The monoisotopic (exact) mass is 322 g/mol. The average molecular weight is 323 g/mol. The third-order valence-corrected chi connectivity index (χ3v) is 4.10. The van der Waals surface area contributed by atoms with Gasteiger partial charge in [-0.25, -0.2) is 0 Å². The maximum absolute atomic E-state index is 5.72. The first-order chi connectivity index (χ1) is 10.3. The average Bonchev–Trinajstić information content (AvgIpc) is 2.97. The standard InChI is InChI=1S/C16H22N4O.ClH/c1-12-6-3-4-8-14(12)13-7-5-9-20(11-13)16-19-18-15(21-16)10-17-2;/h3-4,6,8,13,17H,5,7,9-11H2,1-2H3;1H. The van der Waals surface area contributed by atoms with Gasteiger partial charge in [0.25, 0.3) is 0 Å². The van der Waals surface area contributed by atoms with E-state index in [0.29, 0.717) is 24.4 Å². The van der Waals surface area contributed by atoms with Crippen LogP contribution in [0.1, 0.15) is 35.8 Å². The number of rotatable bonds is 4. The summed E-state index contributed by atoms with van der Waals surface area (Å²) in [5.41, 5.74) is 2.81. The molecule has 1 N–H and O–H groups in total. The zero-order valence-corrected chi connectivity index (χ0v) is 13.9. The van der Waals surface area contributed by atoms with Crippen LogP contribution in [-0.2, 0) is 6.54 Å². The van der Waals surface area contributed by atoms with Crippen molar-refractivity contribution in [2.75, 3.05) is 25.0 Å². The predicted octanol–water partition coefficient (Wildman–Crippen LogP) is 2.90. The summed E-state index contributed by atoms with van der Waals surface area (Å²) in [7, 11) is 1.87. The first-order valence-corrected chi connectivity index (χ1v) is 7.55. The second kappa shape index (κ2) is 7.61. The van der Waals surface area contributed by atoms with Gasteiger partial charge in [-0.2, -0.15) is 0 Å². The molecule has 1 aliphatic rings. The van der Waals surface area contributed by atoms with E-state index < -0.39 is 0 Å². The van der Waals surface area contributed by atoms with Crippen molar-refractivity contribution in [3.63, 3.8) is 0 Å². The lowest BCUT2D eigenvalue weighted by molar-refractivity contribution is 0.435. The molecule has 0 spiro atoms. The number of anilines is 1. The summed E-state index contributed by atoms with van der Waals surface area (Å²) in [6, 6.07) is 9.30. The summed E-state index contributed by atoms with van der Waals surface area (Å²) < 4.78 is 5.72. The number of piperidine rings is 1. The molecular weight excluding hydrogens is 300 g/mol. The molecule has 120 valence electrons. The quantitative estimate of drug-likeness (QED) is 0.938. The van der Waals surface area contributed by atoms with E-state index in [4.69, 9.17) is 4.42 Å². The Kier molecular flexibility index (Phi) is 5.80. The van der Waals surface area contributed by atoms with Crippen LogP contribution in [0.5, 0.6) is 0 Å². The number of halogens is 1. The number of hydrogen-bond donors (Lipinski definition) is 1. The molecule has 1 saturated heterocycles. The smallest absolute Gasteiger partial charge is 0.318 e. The van der Waals surface area contributed by atoms with E-state index in [9.17, 15) is 0 Å². The molecule has 3 rings (SSSR count). The van der Waals surface area contributed by atoms with Crippen LogP contribution in [0, 0.1) is 6.92 Å². The summed E-state index contributed by atoms with van der Waals surface area (Å²) in [4.78, 5) is 2.22. The fraction of sp³-hybridized carbons (Fsp3) is 0.500. The second-order valence-electron chi connectivity index (χ2n) is 5.65. The third-order valence-electron chi connectivity index (χ3n) is 4.10. The van der Waals surface area contributed by atoms with E-state index in [2.05, 4.69) is 51.6 Å². The van der Waals surface area contributed by atoms with Crippen molar-refractivity contribution in [3.05, 3.63) is 41.3 Å². The van der Waals surface area contributed by atoms with E-state index in [1.54, 1.807) is 0 Å². The van der Waals surface area contributed by atoms with Crippen LogP contribution in [0.3, 0.4) is 0 Å². The summed E-state index contributed by atoms with van der Waals surface area (Å²) in [6.07, 6.45) is 2.38. The topological polar surface area (TPSA) is 54.2 Å². The van der Waals surface area contributed by atoms with Crippen LogP contribution in [0.25, 0.3) is 0 Å². The fourth-order valence-electron chi connectivity index (χ4n) is 3.04. The number of aryl methyl sites for hydroxylation is 1. The highest BCUT2D eigenvalue weighted by Crippen LogP contribution is 2.31. The molecule has 1 aromatic carbocycles. The first kappa shape index (κ1) is 16.8. The maximum atomic E-state index is 5.72. The number of benzene rings is 1. The molecule has 0 saturated carbocycles. The van der Waals surface area contributed by atoms with Crippen LogP contribution in [-0.4, -0.2) is 30.3 Å². The Balaban J connectivity index is 0.00000176. The molecule has 5 nitrogen and oxygen atoms in total. The van der Waals surface area contributed by atoms with Gasteiger partial charge < -0.3 is 14.6 Å². The Bertz CT molecular complexity index is 601. The summed E-state index contributed by atoms with van der Waals surface area (Å²) >= 11 is 0. The van der Waals surface area contributed by atoms with Gasteiger partial charge in [0.05, 0.1) is 6.54 Å². The van der Waals surface area contributed by atoms with E-state index >= 15 is 0 Å². The molecule has 1 fully saturated rings. The number of nitrogens with one attached hydrogen (secondary N) is 1. The van der Waals surface area contributed by atoms with Crippen molar-refractivity contribution in [2.45, 2.75) is 32.2 Å². The molecule has 2 heterocycles. The number of aromatic nitrogens is 2. The SMILES string of the molecule is CNCc1nnc(N2CCCC(c3ccccc3C)C2)o1.Cl. The normalized spacial score (nSPS) is 18.1. The Hall–Kier alpha value is -1.59. The van der Waals surface area contributed by atoms with E-state index in [1.807, 2.05) is 7.05 Å². The predicted molar refractivity (Wildman–Crippen MR) is 89.7 cm³/mol. The van der Waals surface area contributed by atoms with Gasteiger partial charge in [-0.15, -0.1) is 17.5 Å². The zero-order chi connectivity index (χ0) is 14.7. The van der Waals surface area contributed by atoms with Crippen molar-refractivity contribution in [2.24, 2.45) is 0 Å². The maximum Gasteiger partial charge on any atom is 0.318 e. The molecule has 6 heteroatoms. The Morgan fingerprint density at radius 1 is 1.32 bits per heavy atom. The van der Waals surface area contributed by atoms with Crippen molar-refractivity contribution < 1.29 is 4.42 Å². The Morgan fingerprint density at radius 2 is 2.14 bits per heavy atom. The Morgan fingerprint density at radius 3 is 2.91 bits per heavy atom. The lowest BCUT2D eigenvalue weighted by Crippen LogP contribution is -2.34. The van der Waals surface area contributed by atoms with Crippen LogP contribution in [0.2, 0.25) is 0 Å². The van der Waals surface area contributed by atoms with Crippen LogP contribution >= 0.6 is 12.4 Å². The number of hydrogen-bond acceptors (Lipinski definition) is 5. The molecule has 1 unspecified atom stereocenters. The van der Waals surface area contributed by atoms with Gasteiger partial charge in [0.1, 0.15) is 0 Å². The molecule has 2 aromatic rings. The van der Waals surface area contributed by atoms with Gasteiger partial charge in [0, 0.05) is 19.0 Å². The van der Waals surface area contributed by atoms with E-state index in [1.165, 1.54) is 17.5 Å².